The molecule has 0 bridgehead atoms. The first kappa shape index (κ1) is 14.7. The zero-order valence-corrected chi connectivity index (χ0v) is 12.8. The number of fused-ring (bicyclic) bond motifs is 1. The molecule has 2 aliphatic rings. The zero-order valence-electron chi connectivity index (χ0n) is 12.8. The Hall–Kier alpha value is -1.92. The molecule has 0 amide bonds. The van der Waals surface area contributed by atoms with Crippen LogP contribution in [-0.2, 0) is 22.6 Å². The molecule has 4 rings (SSSR count). The molecule has 0 radical (unpaired) electrons. The summed E-state index contributed by atoms with van der Waals surface area (Å²) in [6, 6.07) is 4.64. The predicted molar refractivity (Wildman–Crippen MR) is 81.7 cm³/mol. The third-order valence-electron chi connectivity index (χ3n) is 4.34. The van der Waals surface area contributed by atoms with Crippen molar-refractivity contribution in [2.24, 2.45) is 5.92 Å². The SMILES string of the molecule is Fc1ccc(OCC2CCOC2)c(-c2cnc3n2CCOC3)c1. The number of imidazole rings is 1. The fourth-order valence-electron chi connectivity index (χ4n) is 3.06. The van der Waals surface area contributed by atoms with E-state index in [0.717, 1.165) is 43.3 Å². The van der Waals surface area contributed by atoms with E-state index >= 15 is 0 Å². The van der Waals surface area contributed by atoms with Crippen molar-refractivity contribution < 1.29 is 18.6 Å². The van der Waals surface area contributed by atoms with E-state index in [1.807, 2.05) is 0 Å². The summed E-state index contributed by atoms with van der Waals surface area (Å²) in [4.78, 5) is 4.38. The first-order chi connectivity index (χ1) is 11.3. The first-order valence-electron chi connectivity index (χ1n) is 7.94. The highest BCUT2D eigenvalue weighted by atomic mass is 19.1. The lowest BCUT2D eigenvalue weighted by Crippen LogP contribution is -2.18. The van der Waals surface area contributed by atoms with Gasteiger partial charge in [0.2, 0.25) is 0 Å². The van der Waals surface area contributed by atoms with E-state index in [4.69, 9.17) is 14.2 Å². The fourth-order valence-corrected chi connectivity index (χ4v) is 3.06. The predicted octanol–water partition coefficient (Wildman–Crippen LogP) is 2.63. The van der Waals surface area contributed by atoms with Crippen LogP contribution in [0.25, 0.3) is 11.3 Å². The molecule has 5 nitrogen and oxygen atoms in total. The van der Waals surface area contributed by atoms with Crippen molar-refractivity contribution in [1.29, 1.82) is 0 Å². The van der Waals surface area contributed by atoms with Gasteiger partial charge in [-0.15, -0.1) is 0 Å². The van der Waals surface area contributed by atoms with Crippen LogP contribution < -0.4 is 4.74 Å². The lowest BCUT2D eigenvalue weighted by atomic mass is 10.1. The molecule has 2 aromatic rings. The molecule has 1 aromatic carbocycles. The second-order valence-electron chi connectivity index (χ2n) is 5.94. The van der Waals surface area contributed by atoms with Gasteiger partial charge in [-0.05, 0) is 24.6 Å². The summed E-state index contributed by atoms with van der Waals surface area (Å²) in [6.07, 6.45) is 2.78. The first-order valence-corrected chi connectivity index (χ1v) is 7.94. The number of rotatable bonds is 4. The van der Waals surface area contributed by atoms with E-state index in [1.165, 1.54) is 12.1 Å². The molecule has 1 fully saturated rings. The topological polar surface area (TPSA) is 45.5 Å². The number of halogens is 1. The Labute approximate surface area is 134 Å². The summed E-state index contributed by atoms with van der Waals surface area (Å²) in [6.45, 7) is 3.96. The van der Waals surface area contributed by atoms with Gasteiger partial charge in [-0.1, -0.05) is 0 Å². The number of ether oxygens (including phenoxy) is 3. The highest BCUT2D eigenvalue weighted by molar-refractivity contribution is 5.67. The Morgan fingerprint density at radius 2 is 2.26 bits per heavy atom. The summed E-state index contributed by atoms with van der Waals surface area (Å²) in [7, 11) is 0. The van der Waals surface area contributed by atoms with Crippen LogP contribution in [-0.4, -0.2) is 36.0 Å². The Balaban J connectivity index is 1.64. The maximum absolute atomic E-state index is 13.8. The van der Waals surface area contributed by atoms with E-state index in [-0.39, 0.29) is 5.82 Å². The Morgan fingerprint density at radius 3 is 3.13 bits per heavy atom. The molecule has 0 spiro atoms. The highest BCUT2D eigenvalue weighted by Gasteiger charge is 2.21. The summed E-state index contributed by atoms with van der Waals surface area (Å²) in [5.74, 6) is 1.68. The van der Waals surface area contributed by atoms with Crippen molar-refractivity contribution in [2.75, 3.05) is 26.4 Å². The molecule has 122 valence electrons. The molecular weight excluding hydrogens is 299 g/mol. The Bertz CT molecular complexity index is 695. The largest absolute Gasteiger partial charge is 0.493 e. The second-order valence-corrected chi connectivity index (χ2v) is 5.94. The number of aromatic nitrogens is 2. The quantitative estimate of drug-likeness (QED) is 0.869. The van der Waals surface area contributed by atoms with E-state index < -0.39 is 0 Å². The number of nitrogens with zero attached hydrogens (tertiary/aromatic N) is 2. The zero-order chi connectivity index (χ0) is 15.6. The number of hydrogen-bond acceptors (Lipinski definition) is 4. The standard InChI is InChI=1S/C17H19FN2O3/c18-13-1-2-16(23-10-12-3-5-21-9-12)14(7-13)15-8-19-17-11-22-6-4-20(15)17/h1-2,7-8,12H,3-6,9-11H2. The highest BCUT2D eigenvalue weighted by Crippen LogP contribution is 2.33. The molecule has 2 aliphatic heterocycles. The maximum Gasteiger partial charge on any atom is 0.135 e. The molecule has 3 heterocycles. The molecule has 1 saturated heterocycles. The van der Waals surface area contributed by atoms with Crippen LogP contribution in [0.5, 0.6) is 5.75 Å². The molecule has 23 heavy (non-hydrogen) atoms. The third kappa shape index (κ3) is 2.96. The summed E-state index contributed by atoms with van der Waals surface area (Å²) >= 11 is 0. The van der Waals surface area contributed by atoms with Gasteiger partial charge in [-0.3, -0.25) is 0 Å². The van der Waals surface area contributed by atoms with Gasteiger partial charge in [0, 0.05) is 24.6 Å². The molecule has 0 saturated carbocycles. The molecule has 0 aliphatic carbocycles. The van der Waals surface area contributed by atoms with Gasteiger partial charge in [0.15, 0.2) is 0 Å². The lowest BCUT2D eigenvalue weighted by molar-refractivity contribution is 0.0821. The van der Waals surface area contributed by atoms with Crippen molar-refractivity contribution in [2.45, 2.75) is 19.6 Å². The smallest absolute Gasteiger partial charge is 0.135 e. The average molecular weight is 318 g/mol. The van der Waals surface area contributed by atoms with Crippen LogP contribution in [0.2, 0.25) is 0 Å². The molecule has 1 atom stereocenters. The summed E-state index contributed by atoms with van der Waals surface area (Å²) < 4.78 is 32.6. The van der Waals surface area contributed by atoms with Crippen molar-refractivity contribution in [1.82, 2.24) is 9.55 Å². The number of hydrogen-bond donors (Lipinski definition) is 0. The van der Waals surface area contributed by atoms with E-state index in [9.17, 15) is 4.39 Å². The van der Waals surface area contributed by atoms with Gasteiger partial charge in [-0.2, -0.15) is 0 Å². The van der Waals surface area contributed by atoms with Gasteiger partial charge < -0.3 is 18.8 Å². The molecule has 0 N–H and O–H groups in total. The molecule has 1 aromatic heterocycles. The van der Waals surface area contributed by atoms with Crippen molar-refractivity contribution in [3.05, 3.63) is 36.0 Å². The van der Waals surface area contributed by atoms with Crippen molar-refractivity contribution in [3.63, 3.8) is 0 Å². The Morgan fingerprint density at radius 1 is 1.30 bits per heavy atom. The van der Waals surface area contributed by atoms with Crippen molar-refractivity contribution >= 4 is 0 Å². The minimum atomic E-state index is -0.279. The van der Waals surface area contributed by atoms with Crippen LogP contribution in [0.4, 0.5) is 4.39 Å². The van der Waals surface area contributed by atoms with E-state index in [1.54, 1.807) is 12.3 Å². The van der Waals surface area contributed by atoms with Crippen LogP contribution in [0.3, 0.4) is 0 Å². The van der Waals surface area contributed by atoms with Crippen LogP contribution in [0, 0.1) is 11.7 Å². The van der Waals surface area contributed by atoms with Crippen LogP contribution in [0.15, 0.2) is 24.4 Å². The molecule has 1 unspecified atom stereocenters. The van der Waals surface area contributed by atoms with Gasteiger partial charge in [0.25, 0.3) is 0 Å². The number of benzene rings is 1. The van der Waals surface area contributed by atoms with Gasteiger partial charge >= 0.3 is 0 Å². The molecular formula is C17H19FN2O3. The van der Waals surface area contributed by atoms with Crippen LogP contribution >= 0.6 is 0 Å². The van der Waals surface area contributed by atoms with E-state index in [2.05, 4.69) is 9.55 Å². The minimum absolute atomic E-state index is 0.279. The van der Waals surface area contributed by atoms with Crippen molar-refractivity contribution in [3.8, 4) is 17.0 Å². The average Bonchev–Trinajstić information content (AvgIpc) is 3.23. The lowest BCUT2D eigenvalue weighted by Gasteiger charge is -2.19. The summed E-state index contributed by atoms with van der Waals surface area (Å²) in [5, 5.41) is 0. The summed E-state index contributed by atoms with van der Waals surface area (Å²) in [5.41, 5.74) is 1.62. The fraction of sp³-hybridized carbons (Fsp3) is 0.471. The van der Waals surface area contributed by atoms with Gasteiger partial charge in [0.1, 0.15) is 24.0 Å². The normalized spacial score (nSPS) is 20.5. The van der Waals surface area contributed by atoms with Gasteiger partial charge in [0.05, 0.1) is 31.7 Å². The second kappa shape index (κ2) is 6.29. The molecule has 6 heteroatoms. The van der Waals surface area contributed by atoms with Gasteiger partial charge in [-0.25, -0.2) is 9.37 Å². The minimum Gasteiger partial charge on any atom is -0.493 e. The van der Waals surface area contributed by atoms with Crippen LogP contribution in [0.1, 0.15) is 12.2 Å². The third-order valence-corrected chi connectivity index (χ3v) is 4.34. The monoisotopic (exact) mass is 318 g/mol. The Kier molecular flexibility index (Phi) is 4.01. The maximum atomic E-state index is 13.8. The van der Waals surface area contributed by atoms with E-state index in [0.29, 0.717) is 31.5 Å².